The van der Waals surface area contributed by atoms with Crippen molar-refractivity contribution in [2.75, 3.05) is 18.0 Å². The van der Waals surface area contributed by atoms with Crippen LogP contribution in [0.15, 0.2) is 47.0 Å². The van der Waals surface area contributed by atoms with Crippen LogP contribution in [-0.2, 0) is 13.1 Å². The highest BCUT2D eigenvalue weighted by Gasteiger charge is 2.21. The molecule has 7 nitrogen and oxygen atoms in total. The van der Waals surface area contributed by atoms with E-state index in [1.165, 1.54) is 35.5 Å². The van der Waals surface area contributed by atoms with E-state index in [4.69, 9.17) is 10.3 Å². The number of carbonyl (C=O) groups excluding carboxylic acids is 1. The van der Waals surface area contributed by atoms with Crippen LogP contribution in [0.25, 0.3) is 10.8 Å². The summed E-state index contributed by atoms with van der Waals surface area (Å²) in [7, 11) is 0. The number of urea groups is 1. The maximum atomic E-state index is 11.9. The molecule has 3 aromatic rings. The molecular weight excluding hydrogens is 386 g/mol. The summed E-state index contributed by atoms with van der Waals surface area (Å²) >= 11 is 1.65. The van der Waals surface area contributed by atoms with Crippen LogP contribution in [-0.4, -0.2) is 34.2 Å². The van der Waals surface area contributed by atoms with Gasteiger partial charge in [0.15, 0.2) is 0 Å². The van der Waals surface area contributed by atoms with Crippen molar-refractivity contribution in [3.8, 4) is 10.8 Å². The van der Waals surface area contributed by atoms with Crippen LogP contribution in [0.3, 0.4) is 0 Å². The van der Waals surface area contributed by atoms with E-state index in [2.05, 4.69) is 21.1 Å². The van der Waals surface area contributed by atoms with Crippen LogP contribution in [0.4, 0.5) is 10.7 Å². The zero-order valence-corrected chi connectivity index (χ0v) is 17.1. The first-order valence-electron chi connectivity index (χ1n) is 9.95. The average molecular weight is 412 g/mol. The fourth-order valence-electron chi connectivity index (χ4n) is 3.53. The van der Waals surface area contributed by atoms with Crippen molar-refractivity contribution in [2.24, 2.45) is 5.73 Å². The van der Waals surface area contributed by atoms with Gasteiger partial charge in [-0.15, -0.1) is 11.3 Å². The van der Waals surface area contributed by atoms with Gasteiger partial charge in [-0.2, -0.15) is 4.98 Å². The Kier molecular flexibility index (Phi) is 6.21. The molecule has 152 valence electrons. The summed E-state index contributed by atoms with van der Waals surface area (Å²) in [6.07, 6.45) is 5.21. The molecular formula is C21H25N5O2S. The Hall–Kier alpha value is -2.71. The molecule has 29 heavy (non-hydrogen) atoms. The minimum Gasteiger partial charge on any atom is -0.351 e. The van der Waals surface area contributed by atoms with Crippen LogP contribution in [0.5, 0.6) is 0 Å². The Morgan fingerprint density at radius 1 is 1.10 bits per heavy atom. The Bertz CT molecular complexity index is 931. The number of benzene rings is 1. The minimum atomic E-state index is -0.616. The number of nitrogens with two attached hydrogens (primary N) is 1. The predicted molar refractivity (Wildman–Crippen MR) is 114 cm³/mol. The SMILES string of the molecule is NC(=O)N(Cc1ccccc1)c1noc(-c2ccc(CN3CCCCCC3)s2)n1. The Morgan fingerprint density at radius 3 is 2.59 bits per heavy atom. The van der Waals surface area contributed by atoms with E-state index in [0.29, 0.717) is 12.4 Å². The number of hydrogen-bond acceptors (Lipinski definition) is 6. The number of likely N-dealkylation sites (tertiary alicyclic amines) is 1. The first-order chi connectivity index (χ1) is 14.2. The fourth-order valence-corrected chi connectivity index (χ4v) is 4.50. The lowest BCUT2D eigenvalue weighted by molar-refractivity contribution is 0.253. The summed E-state index contributed by atoms with van der Waals surface area (Å²) in [6.45, 7) is 3.56. The zero-order valence-electron chi connectivity index (χ0n) is 16.3. The minimum absolute atomic E-state index is 0.179. The van der Waals surface area contributed by atoms with E-state index in [0.717, 1.165) is 30.1 Å². The lowest BCUT2D eigenvalue weighted by atomic mass is 10.2. The average Bonchev–Trinajstić information content (AvgIpc) is 3.31. The van der Waals surface area contributed by atoms with Gasteiger partial charge in [-0.3, -0.25) is 9.80 Å². The number of hydrogen-bond donors (Lipinski definition) is 1. The molecule has 1 aliphatic rings. The smallest absolute Gasteiger partial charge is 0.322 e. The van der Waals surface area contributed by atoms with Gasteiger partial charge in [0.05, 0.1) is 11.4 Å². The monoisotopic (exact) mass is 411 g/mol. The van der Waals surface area contributed by atoms with E-state index in [-0.39, 0.29) is 5.95 Å². The summed E-state index contributed by atoms with van der Waals surface area (Å²) in [5, 5.41) is 3.98. The van der Waals surface area contributed by atoms with E-state index < -0.39 is 6.03 Å². The quantitative estimate of drug-likeness (QED) is 0.655. The molecule has 1 aromatic carbocycles. The largest absolute Gasteiger partial charge is 0.351 e. The molecule has 0 bridgehead atoms. The summed E-state index contributed by atoms with van der Waals surface area (Å²) in [5.41, 5.74) is 6.49. The number of anilines is 1. The van der Waals surface area contributed by atoms with Gasteiger partial charge in [-0.25, -0.2) is 4.79 Å². The van der Waals surface area contributed by atoms with Crippen LogP contribution >= 0.6 is 11.3 Å². The van der Waals surface area contributed by atoms with E-state index in [1.807, 2.05) is 36.4 Å². The molecule has 0 aliphatic carbocycles. The van der Waals surface area contributed by atoms with Crippen LogP contribution < -0.4 is 10.6 Å². The molecule has 1 aliphatic heterocycles. The van der Waals surface area contributed by atoms with Crippen molar-refractivity contribution in [1.82, 2.24) is 15.0 Å². The molecule has 0 unspecified atom stereocenters. The van der Waals surface area contributed by atoms with Crippen LogP contribution in [0, 0.1) is 0 Å². The third kappa shape index (κ3) is 5.02. The third-order valence-electron chi connectivity index (χ3n) is 5.06. The van der Waals surface area contributed by atoms with Gasteiger partial charge in [-0.1, -0.05) is 43.2 Å². The summed E-state index contributed by atoms with van der Waals surface area (Å²) in [4.78, 5) is 22.3. The molecule has 1 saturated heterocycles. The molecule has 4 rings (SSSR count). The maximum Gasteiger partial charge on any atom is 0.322 e. The van der Waals surface area contributed by atoms with E-state index in [1.54, 1.807) is 11.3 Å². The van der Waals surface area contributed by atoms with Gasteiger partial charge in [0, 0.05) is 11.4 Å². The van der Waals surface area contributed by atoms with Crippen LogP contribution in [0.1, 0.15) is 36.1 Å². The lowest BCUT2D eigenvalue weighted by Gasteiger charge is -2.18. The number of carbonyl (C=O) groups is 1. The number of amides is 2. The van der Waals surface area contributed by atoms with Crippen molar-refractivity contribution in [2.45, 2.75) is 38.8 Å². The molecule has 0 spiro atoms. The molecule has 0 radical (unpaired) electrons. The Morgan fingerprint density at radius 2 is 1.86 bits per heavy atom. The maximum absolute atomic E-state index is 11.9. The second kappa shape index (κ2) is 9.19. The molecule has 2 amide bonds. The van der Waals surface area contributed by atoms with Gasteiger partial charge in [0.25, 0.3) is 11.8 Å². The summed E-state index contributed by atoms with van der Waals surface area (Å²) < 4.78 is 5.43. The van der Waals surface area contributed by atoms with Crippen molar-refractivity contribution < 1.29 is 9.32 Å². The number of nitrogens with zero attached hydrogens (tertiary/aromatic N) is 4. The van der Waals surface area contributed by atoms with E-state index in [9.17, 15) is 4.79 Å². The first-order valence-corrected chi connectivity index (χ1v) is 10.8. The van der Waals surface area contributed by atoms with Crippen molar-refractivity contribution in [3.63, 3.8) is 0 Å². The Balaban J connectivity index is 1.46. The molecule has 0 saturated carbocycles. The van der Waals surface area contributed by atoms with Gasteiger partial charge in [-0.05, 0) is 48.8 Å². The topological polar surface area (TPSA) is 88.5 Å². The number of aromatic nitrogens is 2. The molecule has 3 heterocycles. The first kappa shape index (κ1) is 19.6. The van der Waals surface area contributed by atoms with Gasteiger partial charge in [0.2, 0.25) is 0 Å². The van der Waals surface area contributed by atoms with Gasteiger partial charge >= 0.3 is 6.03 Å². The lowest BCUT2D eigenvalue weighted by Crippen LogP contribution is -2.36. The predicted octanol–water partition coefficient (Wildman–Crippen LogP) is 4.26. The molecule has 0 atom stereocenters. The highest BCUT2D eigenvalue weighted by Crippen LogP contribution is 2.29. The van der Waals surface area contributed by atoms with E-state index >= 15 is 0 Å². The zero-order chi connectivity index (χ0) is 20.1. The number of primary amides is 1. The van der Waals surface area contributed by atoms with Crippen molar-refractivity contribution in [1.29, 1.82) is 0 Å². The molecule has 2 aromatic heterocycles. The normalized spacial score (nSPS) is 15.2. The number of thiophene rings is 1. The van der Waals surface area contributed by atoms with Crippen LogP contribution in [0.2, 0.25) is 0 Å². The molecule has 8 heteroatoms. The third-order valence-corrected chi connectivity index (χ3v) is 6.11. The molecule has 2 N–H and O–H groups in total. The summed E-state index contributed by atoms with van der Waals surface area (Å²) in [6, 6.07) is 13.1. The van der Waals surface area contributed by atoms with Crippen molar-refractivity contribution >= 4 is 23.3 Å². The molecule has 1 fully saturated rings. The second-order valence-corrected chi connectivity index (χ2v) is 8.43. The second-order valence-electron chi connectivity index (χ2n) is 7.27. The van der Waals surface area contributed by atoms with Crippen molar-refractivity contribution in [3.05, 3.63) is 52.9 Å². The highest BCUT2D eigenvalue weighted by molar-refractivity contribution is 7.15. The Labute approximate surface area is 174 Å². The fraction of sp³-hybridized carbons (Fsp3) is 0.381. The standard InChI is InChI=1S/C21H25N5O2S/c22-20(27)26(14-16-8-4-3-5-9-16)21-23-19(28-24-21)18-11-10-17(29-18)15-25-12-6-1-2-7-13-25/h3-5,8-11H,1-2,6-7,12-15H2,(H2,22,27). The highest BCUT2D eigenvalue weighted by atomic mass is 32.1. The van der Waals surface area contributed by atoms with Gasteiger partial charge in [0.1, 0.15) is 0 Å². The van der Waals surface area contributed by atoms with Gasteiger partial charge < -0.3 is 10.3 Å². The summed E-state index contributed by atoms with van der Waals surface area (Å²) in [5.74, 6) is 0.588. The number of rotatable bonds is 6.